The van der Waals surface area contributed by atoms with E-state index in [1.165, 1.54) is 6.92 Å². The van der Waals surface area contributed by atoms with E-state index in [-0.39, 0.29) is 0 Å². The smallest absolute Gasteiger partial charge is 0.219 e. The van der Waals surface area contributed by atoms with Crippen LogP contribution in [0.15, 0.2) is 0 Å². The van der Waals surface area contributed by atoms with E-state index >= 15 is 0 Å². The summed E-state index contributed by atoms with van der Waals surface area (Å²) in [5.41, 5.74) is 0. The molecule has 0 saturated heterocycles. The Labute approximate surface area is 61.9 Å². The second-order valence-corrected chi connectivity index (χ2v) is 4.37. The minimum absolute atomic E-state index is 0.414. The molecule has 3 nitrogen and oxygen atoms in total. The van der Waals surface area contributed by atoms with Crippen LogP contribution in [0.25, 0.3) is 0 Å². The first-order chi connectivity index (χ1) is 4.50. The largest absolute Gasteiger partial charge is 0.380 e. The summed E-state index contributed by atoms with van der Waals surface area (Å²) < 4.78 is 10.5. The number of rotatable bonds is 4. The van der Waals surface area contributed by atoms with E-state index in [4.69, 9.17) is 4.89 Å². The van der Waals surface area contributed by atoms with Gasteiger partial charge in [-0.05, 0) is 13.3 Å². The van der Waals surface area contributed by atoms with Crippen molar-refractivity contribution in [1.82, 2.24) is 0 Å². The van der Waals surface area contributed by atoms with Crippen molar-refractivity contribution in [2.75, 3.05) is 0 Å². The molecule has 0 saturated carbocycles. The monoisotopic (exact) mass is 166 g/mol. The Morgan fingerprint density at radius 2 is 2.10 bits per heavy atom. The van der Waals surface area contributed by atoms with E-state index < -0.39 is 13.4 Å². The first-order valence-electron chi connectivity index (χ1n) is 3.46. The van der Waals surface area contributed by atoms with Crippen molar-refractivity contribution in [1.29, 1.82) is 0 Å². The minimum Gasteiger partial charge on any atom is -0.380 e. The predicted molar refractivity (Wildman–Crippen MR) is 41.4 cm³/mol. The van der Waals surface area contributed by atoms with Gasteiger partial charge < -0.3 is 10.00 Å². The zero-order valence-electron chi connectivity index (χ0n) is 6.42. The van der Waals surface area contributed by atoms with Crippen molar-refractivity contribution in [3.05, 3.63) is 0 Å². The molecule has 0 radical (unpaired) electrons. The molecule has 2 atom stereocenters. The average Bonchev–Trinajstić information content (AvgIpc) is 1.84. The lowest BCUT2D eigenvalue weighted by Crippen LogP contribution is -2.17. The van der Waals surface area contributed by atoms with Gasteiger partial charge in [-0.2, -0.15) is 0 Å². The summed E-state index contributed by atoms with van der Waals surface area (Å²) in [6, 6.07) is 0. The Morgan fingerprint density at radius 1 is 1.60 bits per heavy atom. The molecule has 10 heavy (non-hydrogen) atoms. The lowest BCUT2D eigenvalue weighted by Gasteiger charge is -2.18. The Morgan fingerprint density at radius 3 is 2.40 bits per heavy atom. The highest BCUT2D eigenvalue weighted by Gasteiger charge is 2.25. The molecule has 0 bridgehead atoms. The highest BCUT2D eigenvalue weighted by molar-refractivity contribution is 7.39. The normalized spacial score (nSPS) is 20.0. The molecule has 0 aromatic rings. The third kappa shape index (κ3) is 3.35. The molecule has 0 aliphatic carbocycles. The lowest BCUT2D eigenvalue weighted by atomic mass is 10.2. The van der Waals surface area contributed by atoms with Gasteiger partial charge in [-0.3, -0.25) is 4.57 Å². The van der Waals surface area contributed by atoms with Gasteiger partial charge in [-0.15, -0.1) is 0 Å². The Balaban J connectivity index is 3.75. The molecule has 0 fully saturated rings. The molecule has 0 aliphatic rings. The van der Waals surface area contributed by atoms with Gasteiger partial charge in [0.15, 0.2) is 0 Å². The highest BCUT2D eigenvalue weighted by atomic mass is 31.1. The lowest BCUT2D eigenvalue weighted by molar-refractivity contribution is 0.123. The van der Waals surface area contributed by atoms with Crippen LogP contribution in [0.4, 0.5) is 0 Å². The van der Waals surface area contributed by atoms with E-state index in [9.17, 15) is 9.67 Å². The maximum Gasteiger partial charge on any atom is 0.219 e. The Kier molecular flexibility index (Phi) is 4.18. The quantitative estimate of drug-likeness (QED) is 0.620. The average molecular weight is 166 g/mol. The van der Waals surface area contributed by atoms with Crippen LogP contribution in [0, 0.1) is 0 Å². The highest BCUT2D eigenvalue weighted by Crippen LogP contribution is 2.36. The summed E-state index contributed by atoms with van der Waals surface area (Å²) in [5.74, 6) is 0. The second-order valence-electron chi connectivity index (χ2n) is 2.68. The molecule has 0 aliphatic heterocycles. The maximum absolute atomic E-state index is 10.5. The van der Waals surface area contributed by atoms with Crippen molar-refractivity contribution in [2.45, 2.75) is 38.5 Å². The van der Waals surface area contributed by atoms with E-state index in [1.807, 2.05) is 6.92 Å². The first-order valence-corrected chi connectivity index (χ1v) is 4.82. The molecule has 2 unspecified atom stereocenters. The molecule has 0 aromatic heterocycles. The zero-order valence-corrected chi connectivity index (χ0v) is 7.42. The van der Waals surface area contributed by atoms with Crippen LogP contribution in [-0.2, 0) is 4.57 Å². The molecule has 0 heterocycles. The third-order valence-corrected chi connectivity index (χ3v) is 2.65. The van der Waals surface area contributed by atoms with E-state index in [1.54, 1.807) is 0 Å². The number of hydrogen-bond donors (Lipinski definition) is 2. The van der Waals surface area contributed by atoms with Gasteiger partial charge in [0.25, 0.3) is 0 Å². The summed E-state index contributed by atoms with van der Waals surface area (Å²) in [6.45, 7) is 3.38. The Bertz CT molecular complexity index is 122. The number of hydrogen-bond acceptors (Lipinski definition) is 2. The molecule has 0 aromatic carbocycles. The zero-order chi connectivity index (χ0) is 8.20. The van der Waals surface area contributed by atoms with Crippen LogP contribution in [0.5, 0.6) is 0 Å². The molecular weight excluding hydrogens is 151 g/mol. The summed E-state index contributed by atoms with van der Waals surface area (Å²) >= 11 is 0. The van der Waals surface area contributed by atoms with Gasteiger partial charge in [-0.25, -0.2) is 0 Å². The topological polar surface area (TPSA) is 57.5 Å². The van der Waals surface area contributed by atoms with Crippen molar-refractivity contribution < 1.29 is 14.6 Å². The van der Waals surface area contributed by atoms with Crippen molar-refractivity contribution in [2.24, 2.45) is 0 Å². The molecule has 2 N–H and O–H groups in total. The van der Waals surface area contributed by atoms with Crippen LogP contribution >= 0.6 is 8.03 Å². The van der Waals surface area contributed by atoms with Crippen molar-refractivity contribution in [3.63, 3.8) is 0 Å². The van der Waals surface area contributed by atoms with Gasteiger partial charge in [-0.1, -0.05) is 19.8 Å². The number of aliphatic hydroxyl groups is 1. The SMILES string of the molecule is CCCCC(C)(O)[PH](=O)O. The van der Waals surface area contributed by atoms with Crippen LogP contribution in [0.3, 0.4) is 0 Å². The molecule has 0 rings (SSSR count). The summed E-state index contributed by atoms with van der Waals surface area (Å²) in [7, 11) is -2.78. The van der Waals surface area contributed by atoms with Gasteiger partial charge in [0.2, 0.25) is 8.03 Å². The minimum atomic E-state index is -2.78. The maximum atomic E-state index is 10.5. The fourth-order valence-corrected chi connectivity index (χ4v) is 1.02. The summed E-state index contributed by atoms with van der Waals surface area (Å²) in [4.78, 5) is 8.60. The summed E-state index contributed by atoms with van der Waals surface area (Å²) in [5, 5.41) is 7.86. The van der Waals surface area contributed by atoms with Crippen molar-refractivity contribution >= 4 is 8.03 Å². The molecule has 62 valence electrons. The first kappa shape index (κ1) is 10.2. The fraction of sp³-hybridized carbons (Fsp3) is 1.00. The fourth-order valence-electron chi connectivity index (χ4n) is 0.628. The van der Waals surface area contributed by atoms with E-state index in [2.05, 4.69) is 0 Å². The van der Waals surface area contributed by atoms with E-state index in [0.717, 1.165) is 12.8 Å². The van der Waals surface area contributed by atoms with Crippen LogP contribution in [0.2, 0.25) is 0 Å². The second kappa shape index (κ2) is 4.12. The van der Waals surface area contributed by atoms with E-state index in [0.29, 0.717) is 6.42 Å². The molecule has 4 heteroatoms. The third-order valence-electron chi connectivity index (χ3n) is 1.48. The van der Waals surface area contributed by atoms with Gasteiger partial charge in [0.05, 0.1) is 0 Å². The molecular formula is C6H15O3P. The molecule has 0 amide bonds. The van der Waals surface area contributed by atoms with Gasteiger partial charge >= 0.3 is 0 Å². The Hall–Kier alpha value is 0.150. The molecule has 0 spiro atoms. The van der Waals surface area contributed by atoms with Crippen LogP contribution in [0.1, 0.15) is 33.1 Å². The van der Waals surface area contributed by atoms with Crippen LogP contribution in [-0.4, -0.2) is 15.3 Å². The number of unbranched alkanes of at least 4 members (excludes halogenated alkanes) is 1. The van der Waals surface area contributed by atoms with Gasteiger partial charge in [0.1, 0.15) is 5.34 Å². The van der Waals surface area contributed by atoms with Crippen LogP contribution < -0.4 is 0 Å². The van der Waals surface area contributed by atoms with Crippen molar-refractivity contribution in [3.8, 4) is 0 Å². The van der Waals surface area contributed by atoms with Gasteiger partial charge in [0, 0.05) is 0 Å². The predicted octanol–water partition coefficient (Wildman–Crippen LogP) is 1.35. The summed E-state index contributed by atoms with van der Waals surface area (Å²) in [6.07, 6.45) is 2.15. The standard InChI is InChI=1S/C6H15O3P/c1-3-4-5-6(2,7)10(8)9/h7,10H,3-5H2,1-2H3,(H,8,9).